The number of benzene rings is 2. The summed E-state index contributed by atoms with van der Waals surface area (Å²) in [4.78, 5) is 0.0238. The molecule has 130 valence electrons. The first-order chi connectivity index (χ1) is 11.2. The molecule has 0 aliphatic carbocycles. The summed E-state index contributed by atoms with van der Waals surface area (Å²) in [6.07, 6.45) is 0. The highest BCUT2D eigenvalue weighted by molar-refractivity contribution is 7.92. The molecule has 0 spiro atoms. The molecule has 0 aliphatic rings. The predicted octanol–water partition coefficient (Wildman–Crippen LogP) is 4.21. The summed E-state index contributed by atoms with van der Waals surface area (Å²) in [5, 5.41) is 0. The molecule has 0 saturated carbocycles. The summed E-state index contributed by atoms with van der Waals surface area (Å²) < 4.78 is 59.4. The molecule has 7 heteroatoms. The van der Waals surface area contributed by atoms with E-state index >= 15 is 0 Å². The second-order valence-electron chi connectivity index (χ2n) is 5.74. The van der Waals surface area contributed by atoms with Crippen LogP contribution in [0.3, 0.4) is 0 Å². The Morgan fingerprint density at radius 2 is 1.79 bits per heavy atom. The maximum absolute atomic E-state index is 13.7. The third-order valence-corrected chi connectivity index (χ3v) is 5.12. The minimum absolute atomic E-state index is 0.0238. The Kier molecular flexibility index (Phi) is 5.13. The van der Waals surface area contributed by atoms with Crippen molar-refractivity contribution in [3.05, 3.63) is 53.1 Å². The Bertz CT molecular complexity index is 864. The number of sulfonamides is 1. The molecular weight excluding hydrogens is 336 g/mol. The summed E-state index contributed by atoms with van der Waals surface area (Å²) in [6.45, 7) is 5.45. The van der Waals surface area contributed by atoms with E-state index in [9.17, 15) is 17.2 Å². The van der Waals surface area contributed by atoms with Crippen molar-refractivity contribution >= 4 is 15.7 Å². The smallest absolute Gasteiger partial charge is 0.262 e. The summed E-state index contributed by atoms with van der Waals surface area (Å²) in [7, 11) is -2.51. The van der Waals surface area contributed by atoms with Crippen molar-refractivity contribution in [2.75, 3.05) is 11.8 Å². The van der Waals surface area contributed by atoms with Crippen molar-refractivity contribution < 1.29 is 21.9 Å². The van der Waals surface area contributed by atoms with Gasteiger partial charge in [0.25, 0.3) is 10.0 Å². The van der Waals surface area contributed by atoms with E-state index < -0.39 is 21.7 Å². The topological polar surface area (TPSA) is 55.4 Å². The van der Waals surface area contributed by atoms with Crippen LogP contribution in [0.5, 0.6) is 5.75 Å². The van der Waals surface area contributed by atoms with E-state index in [4.69, 9.17) is 4.74 Å². The van der Waals surface area contributed by atoms with Gasteiger partial charge in [0.1, 0.15) is 17.4 Å². The van der Waals surface area contributed by atoms with Crippen molar-refractivity contribution in [2.24, 2.45) is 0 Å². The molecule has 24 heavy (non-hydrogen) atoms. The zero-order valence-electron chi connectivity index (χ0n) is 13.9. The van der Waals surface area contributed by atoms with Gasteiger partial charge < -0.3 is 4.74 Å². The van der Waals surface area contributed by atoms with Gasteiger partial charge in [0.15, 0.2) is 0 Å². The number of methoxy groups -OCH3 is 1. The van der Waals surface area contributed by atoms with Crippen molar-refractivity contribution in [1.82, 2.24) is 0 Å². The Labute approximate surface area is 140 Å². The first-order valence-electron chi connectivity index (χ1n) is 7.32. The molecular formula is C17H19F2NO3S. The molecule has 2 aromatic rings. The van der Waals surface area contributed by atoms with E-state index in [0.717, 1.165) is 17.7 Å². The zero-order valence-corrected chi connectivity index (χ0v) is 14.7. The lowest BCUT2D eigenvalue weighted by Gasteiger charge is -2.17. The van der Waals surface area contributed by atoms with Crippen LogP contribution < -0.4 is 9.46 Å². The highest BCUT2D eigenvalue weighted by atomic mass is 32.2. The van der Waals surface area contributed by atoms with Gasteiger partial charge in [0.05, 0.1) is 17.7 Å². The van der Waals surface area contributed by atoms with E-state index in [-0.39, 0.29) is 16.5 Å². The van der Waals surface area contributed by atoms with E-state index in [1.807, 2.05) is 13.8 Å². The third kappa shape index (κ3) is 3.67. The average molecular weight is 355 g/mol. The lowest BCUT2D eigenvalue weighted by molar-refractivity contribution is 0.406. The summed E-state index contributed by atoms with van der Waals surface area (Å²) in [6, 6.07) is 5.80. The maximum Gasteiger partial charge on any atom is 0.262 e. The second-order valence-corrected chi connectivity index (χ2v) is 7.39. The van der Waals surface area contributed by atoms with Crippen molar-refractivity contribution in [3.8, 4) is 5.75 Å². The predicted molar refractivity (Wildman–Crippen MR) is 89.0 cm³/mol. The van der Waals surface area contributed by atoms with Gasteiger partial charge in [0.2, 0.25) is 0 Å². The normalized spacial score (nSPS) is 11.6. The SMILES string of the molecule is COc1cc(C)c(S(=O)(=O)Nc2ccc(F)cc2F)cc1C(C)C. The van der Waals surface area contributed by atoms with Crippen LogP contribution in [-0.4, -0.2) is 15.5 Å². The van der Waals surface area contributed by atoms with Crippen LogP contribution in [0.4, 0.5) is 14.5 Å². The number of hydrogen-bond acceptors (Lipinski definition) is 3. The molecule has 2 aromatic carbocycles. The van der Waals surface area contributed by atoms with Gasteiger partial charge >= 0.3 is 0 Å². The average Bonchev–Trinajstić information content (AvgIpc) is 2.49. The number of rotatable bonds is 5. The lowest BCUT2D eigenvalue weighted by Crippen LogP contribution is -2.16. The fraction of sp³-hybridized carbons (Fsp3) is 0.294. The molecule has 0 aromatic heterocycles. The molecule has 2 rings (SSSR count). The molecule has 0 fully saturated rings. The quantitative estimate of drug-likeness (QED) is 0.874. The number of aryl methyl sites for hydroxylation is 1. The Balaban J connectivity index is 2.51. The lowest BCUT2D eigenvalue weighted by atomic mass is 10.0. The van der Waals surface area contributed by atoms with Crippen LogP contribution >= 0.6 is 0 Å². The number of hydrogen-bond donors (Lipinski definition) is 1. The Hall–Kier alpha value is -2.15. The van der Waals surface area contributed by atoms with E-state index in [1.165, 1.54) is 13.2 Å². The molecule has 0 heterocycles. The van der Waals surface area contributed by atoms with Crippen LogP contribution in [0, 0.1) is 18.6 Å². The van der Waals surface area contributed by atoms with Crippen molar-refractivity contribution in [2.45, 2.75) is 31.6 Å². The molecule has 0 atom stereocenters. The Morgan fingerprint density at radius 1 is 1.12 bits per heavy atom. The standard InChI is InChI=1S/C17H19F2NO3S/c1-10(2)13-9-17(11(3)7-16(13)23-4)24(21,22)20-15-6-5-12(18)8-14(15)19/h5-10,20H,1-4H3. The zero-order chi connectivity index (χ0) is 18.1. The molecule has 0 aliphatic heterocycles. The van der Waals surface area contributed by atoms with Gasteiger partial charge in [-0.05, 0) is 48.2 Å². The molecule has 0 unspecified atom stereocenters. The minimum Gasteiger partial charge on any atom is -0.496 e. The van der Waals surface area contributed by atoms with E-state index in [2.05, 4.69) is 4.72 Å². The molecule has 0 amide bonds. The van der Waals surface area contributed by atoms with Gasteiger partial charge in [-0.3, -0.25) is 4.72 Å². The monoisotopic (exact) mass is 355 g/mol. The van der Waals surface area contributed by atoms with Crippen LogP contribution in [0.15, 0.2) is 35.2 Å². The Morgan fingerprint density at radius 3 is 2.33 bits per heavy atom. The first kappa shape index (κ1) is 18.2. The minimum atomic E-state index is -4.03. The van der Waals surface area contributed by atoms with Crippen molar-refractivity contribution in [3.63, 3.8) is 0 Å². The summed E-state index contributed by atoms with van der Waals surface area (Å²) in [5.41, 5.74) is 0.882. The van der Waals surface area contributed by atoms with Crippen LogP contribution in [0.1, 0.15) is 30.9 Å². The fourth-order valence-electron chi connectivity index (χ4n) is 2.37. The van der Waals surface area contributed by atoms with Crippen LogP contribution in [-0.2, 0) is 10.0 Å². The number of halogens is 2. The highest BCUT2D eigenvalue weighted by Crippen LogP contribution is 2.32. The van der Waals surface area contributed by atoms with Gasteiger partial charge in [-0.15, -0.1) is 0 Å². The fourth-order valence-corrected chi connectivity index (χ4v) is 3.70. The summed E-state index contributed by atoms with van der Waals surface area (Å²) in [5.74, 6) is -1.13. The van der Waals surface area contributed by atoms with E-state index in [0.29, 0.717) is 17.4 Å². The van der Waals surface area contributed by atoms with Crippen LogP contribution in [0.25, 0.3) is 0 Å². The first-order valence-corrected chi connectivity index (χ1v) is 8.80. The molecule has 0 bridgehead atoms. The van der Waals surface area contributed by atoms with Gasteiger partial charge in [-0.1, -0.05) is 13.8 Å². The van der Waals surface area contributed by atoms with Gasteiger partial charge in [-0.2, -0.15) is 0 Å². The highest BCUT2D eigenvalue weighted by Gasteiger charge is 2.22. The number of nitrogens with one attached hydrogen (secondary N) is 1. The van der Waals surface area contributed by atoms with Crippen molar-refractivity contribution in [1.29, 1.82) is 0 Å². The maximum atomic E-state index is 13.7. The molecule has 1 N–H and O–H groups in total. The molecule has 0 saturated heterocycles. The van der Waals surface area contributed by atoms with Gasteiger partial charge in [-0.25, -0.2) is 17.2 Å². The third-order valence-electron chi connectivity index (χ3n) is 3.61. The second kappa shape index (κ2) is 6.76. The number of anilines is 1. The number of ether oxygens (including phenoxy) is 1. The molecule has 0 radical (unpaired) electrons. The molecule has 4 nitrogen and oxygen atoms in total. The summed E-state index contributed by atoms with van der Waals surface area (Å²) >= 11 is 0. The van der Waals surface area contributed by atoms with Gasteiger partial charge in [0, 0.05) is 6.07 Å². The largest absolute Gasteiger partial charge is 0.496 e. The van der Waals surface area contributed by atoms with Crippen LogP contribution in [0.2, 0.25) is 0 Å². The van der Waals surface area contributed by atoms with E-state index in [1.54, 1.807) is 13.0 Å².